The molecule has 1 saturated carbocycles. The van der Waals surface area contributed by atoms with Crippen LogP contribution in [-0.2, 0) is 9.47 Å². The molecule has 4 unspecified atom stereocenters. The van der Waals surface area contributed by atoms with Crippen molar-refractivity contribution in [3.05, 3.63) is 0 Å². The first-order valence-electron chi connectivity index (χ1n) is 5.04. The molecule has 68 valence electrons. The summed E-state index contributed by atoms with van der Waals surface area (Å²) in [5.74, 6) is 0. The predicted molar refractivity (Wildman–Crippen MR) is 45.0 cm³/mol. The summed E-state index contributed by atoms with van der Waals surface area (Å²) in [4.78, 5) is 0. The molecule has 2 nitrogen and oxygen atoms in total. The van der Waals surface area contributed by atoms with E-state index in [2.05, 4.69) is 13.8 Å². The fourth-order valence-electron chi connectivity index (χ4n) is 2.98. The number of fused-ring (bicyclic) bond motifs is 1. The lowest BCUT2D eigenvalue weighted by Crippen LogP contribution is -2.33. The number of hydrogen-bond acceptors (Lipinski definition) is 2. The van der Waals surface area contributed by atoms with Crippen LogP contribution in [0.2, 0.25) is 0 Å². The number of hydrogen-bond donors (Lipinski definition) is 0. The molecule has 0 amide bonds. The molecule has 0 aromatic carbocycles. The molecule has 0 bridgehead atoms. The highest BCUT2D eigenvalue weighted by Crippen LogP contribution is 2.63. The first-order chi connectivity index (χ1) is 5.68. The van der Waals surface area contributed by atoms with Crippen molar-refractivity contribution in [1.29, 1.82) is 0 Å². The summed E-state index contributed by atoms with van der Waals surface area (Å²) in [6.07, 6.45) is 5.98. The minimum absolute atomic E-state index is 0.144. The molecule has 2 heterocycles. The van der Waals surface area contributed by atoms with Crippen LogP contribution >= 0.6 is 0 Å². The van der Waals surface area contributed by atoms with Crippen molar-refractivity contribution in [3.8, 4) is 0 Å². The van der Waals surface area contributed by atoms with E-state index in [1.54, 1.807) is 0 Å². The van der Waals surface area contributed by atoms with Crippen LogP contribution in [0.5, 0.6) is 0 Å². The Morgan fingerprint density at radius 1 is 1.25 bits per heavy atom. The summed E-state index contributed by atoms with van der Waals surface area (Å²) in [7, 11) is 0. The molecular formula is C10H16O2. The Kier molecular flexibility index (Phi) is 1.15. The van der Waals surface area contributed by atoms with Crippen LogP contribution in [0.25, 0.3) is 0 Å². The van der Waals surface area contributed by atoms with Crippen LogP contribution in [0.4, 0.5) is 0 Å². The number of epoxide rings is 2. The highest BCUT2D eigenvalue weighted by molar-refractivity contribution is 5.23. The van der Waals surface area contributed by atoms with Gasteiger partial charge in [-0.1, -0.05) is 12.8 Å². The van der Waals surface area contributed by atoms with Gasteiger partial charge in [-0.2, -0.15) is 0 Å². The van der Waals surface area contributed by atoms with Gasteiger partial charge in [-0.25, -0.2) is 0 Å². The molecule has 3 fully saturated rings. The van der Waals surface area contributed by atoms with Gasteiger partial charge in [-0.05, 0) is 26.7 Å². The number of ether oxygens (including phenoxy) is 2. The van der Waals surface area contributed by atoms with Gasteiger partial charge in [0.1, 0.15) is 11.7 Å². The molecule has 3 aliphatic rings. The molecule has 2 saturated heterocycles. The van der Waals surface area contributed by atoms with Crippen molar-refractivity contribution < 1.29 is 9.47 Å². The minimum Gasteiger partial charge on any atom is -0.367 e. The van der Waals surface area contributed by atoms with Crippen molar-refractivity contribution in [2.75, 3.05) is 0 Å². The summed E-state index contributed by atoms with van der Waals surface area (Å²) in [5.41, 5.74) is 0.325. The van der Waals surface area contributed by atoms with E-state index in [1.807, 2.05) is 0 Å². The summed E-state index contributed by atoms with van der Waals surface area (Å²) >= 11 is 0. The van der Waals surface area contributed by atoms with Gasteiger partial charge >= 0.3 is 0 Å². The zero-order valence-corrected chi connectivity index (χ0v) is 7.80. The van der Waals surface area contributed by atoms with E-state index in [0.29, 0.717) is 12.2 Å². The second-order valence-electron chi connectivity index (χ2n) is 4.69. The first kappa shape index (κ1) is 7.34. The lowest BCUT2D eigenvalue weighted by atomic mass is 9.78. The minimum atomic E-state index is 0.144. The SMILES string of the molecule is CC1OC1C12CCCCC1(C)O2. The van der Waals surface area contributed by atoms with Crippen molar-refractivity contribution in [3.63, 3.8) is 0 Å². The predicted octanol–water partition coefficient (Wildman–Crippen LogP) is 1.88. The van der Waals surface area contributed by atoms with Crippen LogP contribution in [0, 0.1) is 0 Å². The topological polar surface area (TPSA) is 25.1 Å². The molecular weight excluding hydrogens is 152 g/mol. The molecule has 1 aliphatic carbocycles. The molecule has 0 N–H and O–H groups in total. The molecule has 3 rings (SSSR count). The molecule has 4 atom stereocenters. The van der Waals surface area contributed by atoms with Crippen molar-refractivity contribution >= 4 is 0 Å². The molecule has 0 spiro atoms. The van der Waals surface area contributed by atoms with Gasteiger partial charge in [-0.15, -0.1) is 0 Å². The Labute approximate surface area is 73.2 Å². The lowest BCUT2D eigenvalue weighted by molar-refractivity contribution is 0.220. The second-order valence-corrected chi connectivity index (χ2v) is 4.69. The van der Waals surface area contributed by atoms with E-state index in [9.17, 15) is 0 Å². The monoisotopic (exact) mass is 168 g/mol. The maximum absolute atomic E-state index is 5.92. The second kappa shape index (κ2) is 1.88. The number of rotatable bonds is 1. The Balaban J connectivity index is 1.84. The zero-order chi connectivity index (χ0) is 8.40. The van der Waals surface area contributed by atoms with Gasteiger partial charge in [0.05, 0.1) is 11.7 Å². The summed E-state index contributed by atoms with van der Waals surface area (Å²) in [6.45, 7) is 4.40. The highest BCUT2D eigenvalue weighted by atomic mass is 16.7. The molecule has 12 heavy (non-hydrogen) atoms. The van der Waals surface area contributed by atoms with Gasteiger partial charge < -0.3 is 9.47 Å². The Bertz CT molecular complexity index is 224. The third-order valence-corrected chi connectivity index (χ3v) is 3.88. The maximum atomic E-state index is 5.92. The van der Waals surface area contributed by atoms with Gasteiger partial charge in [0.15, 0.2) is 0 Å². The standard InChI is InChI=1S/C10H16O2/c1-7-8(11-7)10-6-4-3-5-9(10,2)12-10/h7-8H,3-6H2,1-2H3. The smallest absolute Gasteiger partial charge is 0.126 e. The quantitative estimate of drug-likeness (QED) is 0.558. The Hall–Kier alpha value is -0.0800. The zero-order valence-electron chi connectivity index (χ0n) is 7.80. The summed E-state index contributed by atoms with van der Waals surface area (Å²) in [6, 6.07) is 0. The van der Waals surface area contributed by atoms with Gasteiger partial charge in [0, 0.05) is 0 Å². The normalized spacial score (nSPS) is 62.5. The molecule has 2 aliphatic heterocycles. The van der Waals surface area contributed by atoms with E-state index in [4.69, 9.17) is 9.47 Å². The highest BCUT2D eigenvalue weighted by Gasteiger charge is 2.75. The fourth-order valence-corrected chi connectivity index (χ4v) is 2.98. The van der Waals surface area contributed by atoms with E-state index in [1.165, 1.54) is 25.7 Å². The molecule has 0 radical (unpaired) electrons. The van der Waals surface area contributed by atoms with Gasteiger partial charge in [-0.3, -0.25) is 0 Å². The van der Waals surface area contributed by atoms with Gasteiger partial charge in [0.25, 0.3) is 0 Å². The molecule has 0 aromatic rings. The largest absolute Gasteiger partial charge is 0.367 e. The van der Waals surface area contributed by atoms with Crippen LogP contribution in [0.15, 0.2) is 0 Å². The van der Waals surface area contributed by atoms with E-state index in [-0.39, 0.29) is 11.2 Å². The van der Waals surface area contributed by atoms with Crippen LogP contribution in [0.3, 0.4) is 0 Å². The summed E-state index contributed by atoms with van der Waals surface area (Å²) < 4.78 is 11.5. The van der Waals surface area contributed by atoms with Crippen LogP contribution < -0.4 is 0 Å². The van der Waals surface area contributed by atoms with Gasteiger partial charge in [0.2, 0.25) is 0 Å². The van der Waals surface area contributed by atoms with E-state index in [0.717, 1.165) is 0 Å². The third kappa shape index (κ3) is 0.686. The average Bonchev–Trinajstić information content (AvgIpc) is 2.85. The van der Waals surface area contributed by atoms with Crippen LogP contribution in [-0.4, -0.2) is 23.4 Å². The maximum Gasteiger partial charge on any atom is 0.126 e. The van der Waals surface area contributed by atoms with E-state index >= 15 is 0 Å². The average molecular weight is 168 g/mol. The van der Waals surface area contributed by atoms with Crippen molar-refractivity contribution in [2.24, 2.45) is 0 Å². The fraction of sp³-hybridized carbons (Fsp3) is 1.00. The summed E-state index contributed by atoms with van der Waals surface area (Å²) in [5, 5.41) is 0. The first-order valence-corrected chi connectivity index (χ1v) is 5.04. The van der Waals surface area contributed by atoms with E-state index < -0.39 is 0 Å². The molecule has 2 heteroatoms. The Morgan fingerprint density at radius 3 is 2.50 bits per heavy atom. The third-order valence-electron chi connectivity index (χ3n) is 3.88. The molecule has 0 aromatic heterocycles. The lowest BCUT2D eigenvalue weighted by Gasteiger charge is -2.20. The Morgan fingerprint density at radius 2 is 1.92 bits per heavy atom. The van der Waals surface area contributed by atoms with Crippen molar-refractivity contribution in [2.45, 2.75) is 62.9 Å². The van der Waals surface area contributed by atoms with Crippen molar-refractivity contribution in [1.82, 2.24) is 0 Å². The van der Waals surface area contributed by atoms with Crippen LogP contribution in [0.1, 0.15) is 39.5 Å².